The second-order valence-corrected chi connectivity index (χ2v) is 4.23. The zero-order valence-electron chi connectivity index (χ0n) is 9.66. The lowest BCUT2D eigenvalue weighted by Gasteiger charge is -2.14. The van der Waals surface area contributed by atoms with Crippen molar-refractivity contribution in [1.82, 2.24) is 0 Å². The quantitative estimate of drug-likeness (QED) is 0.732. The zero-order valence-corrected chi connectivity index (χ0v) is 9.66. The molecule has 1 aliphatic heterocycles. The summed E-state index contributed by atoms with van der Waals surface area (Å²) in [6, 6.07) is 3.96. The number of rotatable bonds is 4. The fourth-order valence-electron chi connectivity index (χ4n) is 2.10. The molecule has 0 fully saturated rings. The first-order chi connectivity index (χ1) is 7.74. The maximum Gasteiger partial charge on any atom is 0.231 e. The van der Waals surface area contributed by atoms with Gasteiger partial charge in [0.1, 0.15) is 6.29 Å². The highest BCUT2D eigenvalue weighted by Gasteiger charge is 2.22. The Bertz CT molecular complexity index is 396. The van der Waals surface area contributed by atoms with E-state index < -0.39 is 0 Å². The molecule has 1 aromatic rings. The molecule has 0 atom stereocenters. The molecule has 1 heterocycles. The van der Waals surface area contributed by atoms with E-state index in [1.807, 2.05) is 12.1 Å². The summed E-state index contributed by atoms with van der Waals surface area (Å²) in [6.45, 7) is 4.55. The first-order valence-corrected chi connectivity index (χ1v) is 5.59. The lowest BCUT2D eigenvalue weighted by molar-refractivity contribution is -0.107. The molecule has 0 aromatic heterocycles. The molecule has 0 aliphatic carbocycles. The van der Waals surface area contributed by atoms with Gasteiger partial charge in [-0.15, -0.1) is 0 Å². The lowest BCUT2D eigenvalue weighted by atomic mass is 9.93. The maximum atomic E-state index is 10.4. The van der Waals surface area contributed by atoms with Crippen molar-refractivity contribution in [3.05, 3.63) is 23.3 Å². The van der Waals surface area contributed by atoms with Gasteiger partial charge in [-0.2, -0.15) is 0 Å². The Morgan fingerprint density at radius 3 is 2.88 bits per heavy atom. The van der Waals surface area contributed by atoms with Crippen LogP contribution in [-0.4, -0.2) is 13.1 Å². The van der Waals surface area contributed by atoms with Crippen molar-refractivity contribution in [1.29, 1.82) is 0 Å². The van der Waals surface area contributed by atoms with Crippen molar-refractivity contribution in [3.8, 4) is 11.5 Å². The van der Waals surface area contributed by atoms with Crippen molar-refractivity contribution in [2.24, 2.45) is 0 Å². The maximum absolute atomic E-state index is 10.4. The predicted octanol–water partition coefficient (Wildman–Crippen LogP) is 2.67. The lowest BCUT2D eigenvalue weighted by Crippen LogP contribution is -2.00. The summed E-state index contributed by atoms with van der Waals surface area (Å²) in [6.07, 6.45) is 2.28. The number of aryl methyl sites for hydroxylation is 1. The second-order valence-electron chi connectivity index (χ2n) is 4.23. The van der Waals surface area contributed by atoms with Gasteiger partial charge in [0.05, 0.1) is 0 Å². The largest absolute Gasteiger partial charge is 0.454 e. The van der Waals surface area contributed by atoms with Gasteiger partial charge in [0.25, 0.3) is 0 Å². The number of aldehydes is 1. The number of hydrogen-bond donors (Lipinski definition) is 0. The Balaban J connectivity index is 2.41. The molecule has 1 aromatic carbocycles. The molecule has 0 saturated heterocycles. The molecule has 0 radical (unpaired) electrons. The third-order valence-electron chi connectivity index (χ3n) is 2.78. The van der Waals surface area contributed by atoms with Crippen LogP contribution in [-0.2, 0) is 11.2 Å². The standard InChI is InChI=1S/C13H16O3/c1-9(2)12-10(4-3-7-14)5-6-11-13(12)16-8-15-11/h5-7,9H,3-4,8H2,1-2H3. The molecule has 3 nitrogen and oxygen atoms in total. The summed E-state index contributed by atoms with van der Waals surface area (Å²) in [5.41, 5.74) is 2.36. The molecule has 1 aliphatic rings. The van der Waals surface area contributed by atoms with Gasteiger partial charge in [-0.05, 0) is 24.0 Å². The third kappa shape index (κ3) is 1.90. The number of fused-ring (bicyclic) bond motifs is 1. The van der Waals surface area contributed by atoms with Gasteiger partial charge in [-0.3, -0.25) is 0 Å². The van der Waals surface area contributed by atoms with E-state index in [0.29, 0.717) is 19.1 Å². The molecule has 2 rings (SSSR count). The summed E-state index contributed by atoms with van der Waals surface area (Å²) >= 11 is 0. The van der Waals surface area contributed by atoms with Crippen molar-refractivity contribution in [2.75, 3.05) is 6.79 Å². The van der Waals surface area contributed by atoms with E-state index >= 15 is 0 Å². The van der Waals surface area contributed by atoms with Gasteiger partial charge in [-0.1, -0.05) is 19.9 Å². The predicted molar refractivity (Wildman–Crippen MR) is 61.0 cm³/mol. The molecule has 0 bridgehead atoms. The fourth-order valence-corrected chi connectivity index (χ4v) is 2.10. The molecule has 3 heteroatoms. The number of carbonyl (C=O) groups is 1. The van der Waals surface area contributed by atoms with Crippen LogP contribution in [0, 0.1) is 0 Å². The molecule has 0 spiro atoms. The SMILES string of the molecule is CC(C)c1c(CCC=O)ccc2c1OCO2. The second kappa shape index (κ2) is 4.56. The summed E-state index contributed by atoms with van der Waals surface area (Å²) in [5.74, 6) is 2.05. The highest BCUT2D eigenvalue weighted by molar-refractivity contribution is 5.55. The molecule has 0 amide bonds. The topological polar surface area (TPSA) is 35.5 Å². The van der Waals surface area contributed by atoms with Gasteiger partial charge in [-0.25, -0.2) is 0 Å². The molecular formula is C13H16O3. The Morgan fingerprint density at radius 2 is 2.19 bits per heavy atom. The Kier molecular flexibility index (Phi) is 3.13. The van der Waals surface area contributed by atoms with E-state index in [0.717, 1.165) is 24.2 Å². The Labute approximate surface area is 95.4 Å². The van der Waals surface area contributed by atoms with Gasteiger partial charge in [0.15, 0.2) is 11.5 Å². The normalized spacial score (nSPS) is 13.2. The van der Waals surface area contributed by atoms with Crippen molar-refractivity contribution < 1.29 is 14.3 Å². The average molecular weight is 220 g/mol. The Hall–Kier alpha value is -1.51. The summed E-state index contributed by atoms with van der Waals surface area (Å²) < 4.78 is 10.9. The smallest absolute Gasteiger partial charge is 0.231 e. The molecule has 86 valence electrons. The number of ether oxygens (including phenoxy) is 2. The van der Waals surface area contributed by atoms with E-state index in [-0.39, 0.29) is 0 Å². The van der Waals surface area contributed by atoms with E-state index in [2.05, 4.69) is 13.8 Å². The summed E-state index contributed by atoms with van der Waals surface area (Å²) in [5, 5.41) is 0. The van der Waals surface area contributed by atoms with Crippen LogP contribution >= 0.6 is 0 Å². The third-order valence-corrected chi connectivity index (χ3v) is 2.78. The highest BCUT2D eigenvalue weighted by Crippen LogP contribution is 2.41. The van der Waals surface area contributed by atoms with Crippen LogP contribution in [0.5, 0.6) is 11.5 Å². The van der Waals surface area contributed by atoms with Crippen LogP contribution in [0.4, 0.5) is 0 Å². The fraction of sp³-hybridized carbons (Fsp3) is 0.462. The van der Waals surface area contributed by atoms with E-state index in [9.17, 15) is 4.79 Å². The minimum atomic E-state index is 0.298. The van der Waals surface area contributed by atoms with Crippen molar-refractivity contribution in [3.63, 3.8) is 0 Å². The number of hydrogen-bond acceptors (Lipinski definition) is 3. The molecule has 0 saturated carbocycles. The van der Waals surface area contributed by atoms with Gasteiger partial charge in [0, 0.05) is 12.0 Å². The van der Waals surface area contributed by atoms with Crippen LogP contribution in [0.1, 0.15) is 37.3 Å². The van der Waals surface area contributed by atoms with Crippen LogP contribution in [0.15, 0.2) is 12.1 Å². The van der Waals surface area contributed by atoms with Gasteiger partial charge < -0.3 is 14.3 Å². The van der Waals surface area contributed by atoms with Crippen LogP contribution in [0.2, 0.25) is 0 Å². The first kappa shape index (κ1) is 11.0. The Morgan fingerprint density at radius 1 is 1.38 bits per heavy atom. The van der Waals surface area contributed by atoms with Crippen LogP contribution in [0.25, 0.3) is 0 Å². The monoisotopic (exact) mass is 220 g/mol. The zero-order chi connectivity index (χ0) is 11.5. The minimum absolute atomic E-state index is 0.298. The molecule has 16 heavy (non-hydrogen) atoms. The minimum Gasteiger partial charge on any atom is -0.454 e. The highest BCUT2D eigenvalue weighted by atomic mass is 16.7. The first-order valence-electron chi connectivity index (χ1n) is 5.59. The van der Waals surface area contributed by atoms with E-state index in [1.165, 1.54) is 11.1 Å². The van der Waals surface area contributed by atoms with Gasteiger partial charge in [0.2, 0.25) is 6.79 Å². The van der Waals surface area contributed by atoms with E-state index in [1.54, 1.807) is 0 Å². The molecule has 0 N–H and O–H groups in total. The van der Waals surface area contributed by atoms with Crippen molar-refractivity contribution >= 4 is 6.29 Å². The molecular weight excluding hydrogens is 204 g/mol. The average Bonchev–Trinajstić information content (AvgIpc) is 2.72. The summed E-state index contributed by atoms with van der Waals surface area (Å²) in [4.78, 5) is 10.4. The van der Waals surface area contributed by atoms with Gasteiger partial charge >= 0.3 is 0 Å². The number of carbonyl (C=O) groups excluding carboxylic acids is 1. The van der Waals surface area contributed by atoms with Crippen LogP contribution in [0.3, 0.4) is 0 Å². The summed E-state index contributed by atoms with van der Waals surface area (Å²) in [7, 11) is 0. The number of benzene rings is 1. The van der Waals surface area contributed by atoms with Crippen LogP contribution < -0.4 is 9.47 Å². The van der Waals surface area contributed by atoms with E-state index in [4.69, 9.17) is 9.47 Å². The van der Waals surface area contributed by atoms with Crippen molar-refractivity contribution in [2.45, 2.75) is 32.6 Å². The molecule has 0 unspecified atom stereocenters.